The Kier molecular flexibility index (Phi) is 6.02. The fraction of sp³-hybridized carbons (Fsp3) is 0.150. The maximum absolute atomic E-state index is 12.7. The fourth-order valence-corrected chi connectivity index (χ4v) is 3.27. The van der Waals surface area contributed by atoms with Gasteiger partial charge in [0, 0.05) is 10.6 Å². The Hall–Kier alpha value is -2.83. The van der Waals surface area contributed by atoms with Gasteiger partial charge in [-0.15, -0.1) is 0 Å². The molecule has 1 aromatic heterocycles. The molecule has 0 fully saturated rings. The zero-order valence-corrected chi connectivity index (χ0v) is 16.4. The lowest BCUT2D eigenvalue weighted by atomic mass is 10.1. The largest absolute Gasteiger partial charge is 0.444 e. The van der Waals surface area contributed by atoms with Crippen LogP contribution in [0.25, 0.3) is 0 Å². The Bertz CT molecular complexity index is 1020. The molecule has 0 bridgehead atoms. The summed E-state index contributed by atoms with van der Waals surface area (Å²) in [7, 11) is 0. The Morgan fingerprint density at radius 2 is 1.75 bits per heavy atom. The molecule has 28 heavy (non-hydrogen) atoms. The smallest absolute Gasteiger partial charge is 0.344 e. The van der Waals surface area contributed by atoms with Crippen LogP contribution in [-0.4, -0.2) is 21.7 Å². The Morgan fingerprint density at radius 3 is 2.39 bits per heavy atom. The highest BCUT2D eigenvalue weighted by atomic mass is 35.5. The van der Waals surface area contributed by atoms with E-state index in [0.29, 0.717) is 16.3 Å². The van der Waals surface area contributed by atoms with Crippen molar-refractivity contribution < 1.29 is 14.3 Å². The van der Waals surface area contributed by atoms with Crippen LogP contribution in [0.1, 0.15) is 33.3 Å². The summed E-state index contributed by atoms with van der Waals surface area (Å²) in [5.41, 5.74) is 7.14. The van der Waals surface area contributed by atoms with E-state index < -0.39 is 18.0 Å². The van der Waals surface area contributed by atoms with E-state index in [1.807, 2.05) is 18.2 Å². The van der Waals surface area contributed by atoms with Crippen LogP contribution in [0.3, 0.4) is 0 Å². The Balaban J connectivity index is 1.87. The van der Waals surface area contributed by atoms with Gasteiger partial charge in [0.2, 0.25) is 6.10 Å². The molecule has 1 heterocycles. The molecule has 0 saturated carbocycles. The molecule has 0 spiro atoms. The summed E-state index contributed by atoms with van der Waals surface area (Å²) >= 11 is 12.6. The van der Waals surface area contributed by atoms with Crippen LogP contribution in [0.4, 0.5) is 0 Å². The Labute approximate surface area is 171 Å². The number of halogens is 2. The van der Waals surface area contributed by atoms with E-state index in [2.05, 4.69) is 5.10 Å². The van der Waals surface area contributed by atoms with Gasteiger partial charge in [-0.25, -0.2) is 9.48 Å². The number of amides is 1. The summed E-state index contributed by atoms with van der Waals surface area (Å²) in [6, 6.07) is 15.8. The normalized spacial score (nSPS) is 11.8. The van der Waals surface area contributed by atoms with Crippen LogP contribution in [0.15, 0.2) is 54.6 Å². The van der Waals surface area contributed by atoms with Gasteiger partial charge in [-0.05, 0) is 18.6 Å². The van der Waals surface area contributed by atoms with Gasteiger partial charge in [0.1, 0.15) is 10.7 Å². The van der Waals surface area contributed by atoms with E-state index >= 15 is 0 Å². The first-order valence-electron chi connectivity index (χ1n) is 8.40. The number of carbonyl (C=O) groups excluding carboxylic acids is 2. The molecule has 2 N–H and O–H groups in total. The number of esters is 1. The highest BCUT2D eigenvalue weighted by Gasteiger charge is 2.28. The number of nitrogens with zero attached hydrogens (tertiary/aromatic N) is 2. The molecule has 0 aliphatic heterocycles. The van der Waals surface area contributed by atoms with Gasteiger partial charge >= 0.3 is 5.97 Å². The van der Waals surface area contributed by atoms with Crippen LogP contribution >= 0.6 is 23.2 Å². The quantitative estimate of drug-likeness (QED) is 0.615. The second-order valence-electron chi connectivity index (χ2n) is 6.10. The molecule has 2 aromatic carbocycles. The lowest BCUT2D eigenvalue weighted by molar-refractivity contribution is -0.127. The number of primary amides is 1. The average molecular weight is 418 g/mol. The summed E-state index contributed by atoms with van der Waals surface area (Å²) in [6.45, 7) is 1.91. The van der Waals surface area contributed by atoms with E-state index in [1.165, 1.54) is 4.68 Å². The van der Waals surface area contributed by atoms with Crippen molar-refractivity contribution >= 4 is 35.1 Å². The topological polar surface area (TPSA) is 87.2 Å². The molecule has 0 radical (unpaired) electrons. The number of aromatic nitrogens is 2. The minimum absolute atomic E-state index is 0.0795. The van der Waals surface area contributed by atoms with Crippen molar-refractivity contribution in [2.24, 2.45) is 5.73 Å². The van der Waals surface area contributed by atoms with Crippen molar-refractivity contribution in [2.45, 2.75) is 19.6 Å². The first kappa shape index (κ1) is 19.9. The third kappa shape index (κ3) is 4.18. The van der Waals surface area contributed by atoms with Crippen LogP contribution in [0.2, 0.25) is 10.2 Å². The molecule has 0 saturated heterocycles. The number of nitrogens with two attached hydrogens (primary N) is 1. The minimum atomic E-state index is -1.23. The molecule has 3 aromatic rings. The van der Waals surface area contributed by atoms with Crippen molar-refractivity contribution in [3.8, 4) is 0 Å². The van der Waals surface area contributed by atoms with Gasteiger partial charge in [-0.1, -0.05) is 71.7 Å². The number of benzene rings is 2. The number of aryl methyl sites for hydroxylation is 1. The van der Waals surface area contributed by atoms with Crippen molar-refractivity contribution in [1.82, 2.24) is 9.78 Å². The number of hydrogen-bond acceptors (Lipinski definition) is 4. The number of rotatable bonds is 6. The summed E-state index contributed by atoms with van der Waals surface area (Å²) in [4.78, 5) is 24.5. The molecule has 1 unspecified atom stereocenters. The number of carbonyl (C=O) groups is 2. The van der Waals surface area contributed by atoms with Gasteiger partial charge in [0.05, 0.1) is 12.2 Å². The SMILES string of the molecule is Cc1nn(Cc2ccccc2Cl)c(Cl)c1C(=O)OC(C(N)=O)c1ccccc1. The lowest BCUT2D eigenvalue weighted by Gasteiger charge is -2.15. The zero-order chi connectivity index (χ0) is 20.3. The number of hydrogen-bond donors (Lipinski definition) is 1. The summed E-state index contributed by atoms with van der Waals surface area (Å²) < 4.78 is 6.81. The van der Waals surface area contributed by atoms with Crippen LogP contribution in [0.5, 0.6) is 0 Å². The van der Waals surface area contributed by atoms with E-state index in [-0.39, 0.29) is 17.3 Å². The van der Waals surface area contributed by atoms with Gasteiger partial charge in [-0.3, -0.25) is 4.79 Å². The van der Waals surface area contributed by atoms with Crippen molar-refractivity contribution in [3.63, 3.8) is 0 Å². The van der Waals surface area contributed by atoms with Gasteiger partial charge in [0.15, 0.2) is 0 Å². The predicted molar refractivity (Wildman–Crippen MR) is 106 cm³/mol. The van der Waals surface area contributed by atoms with E-state index in [1.54, 1.807) is 43.3 Å². The maximum Gasteiger partial charge on any atom is 0.344 e. The summed E-state index contributed by atoms with van der Waals surface area (Å²) in [5.74, 6) is -1.56. The molecule has 8 heteroatoms. The standard InChI is InChI=1S/C20H17Cl2N3O3/c1-12-16(18(22)25(24-12)11-14-9-5-6-10-15(14)21)20(27)28-17(19(23)26)13-7-3-2-4-8-13/h2-10,17H,11H2,1H3,(H2,23,26). The molecule has 1 amide bonds. The second kappa shape index (κ2) is 8.46. The van der Waals surface area contributed by atoms with Crippen molar-refractivity contribution in [1.29, 1.82) is 0 Å². The third-order valence-electron chi connectivity index (χ3n) is 4.13. The number of ether oxygens (including phenoxy) is 1. The fourth-order valence-electron chi connectivity index (χ4n) is 2.76. The second-order valence-corrected chi connectivity index (χ2v) is 6.86. The Morgan fingerprint density at radius 1 is 1.11 bits per heavy atom. The zero-order valence-electron chi connectivity index (χ0n) is 14.9. The molecule has 144 valence electrons. The average Bonchev–Trinajstić information content (AvgIpc) is 2.95. The molecule has 3 rings (SSSR count). The van der Waals surface area contributed by atoms with Crippen molar-refractivity contribution in [3.05, 3.63) is 87.2 Å². The monoisotopic (exact) mass is 417 g/mol. The predicted octanol–water partition coefficient (Wildman–Crippen LogP) is 3.93. The molecule has 0 aliphatic carbocycles. The van der Waals surface area contributed by atoms with Crippen LogP contribution in [0, 0.1) is 6.92 Å². The molecular formula is C20H17Cl2N3O3. The first-order valence-corrected chi connectivity index (χ1v) is 9.15. The van der Waals surface area contributed by atoms with E-state index in [9.17, 15) is 9.59 Å². The van der Waals surface area contributed by atoms with E-state index in [0.717, 1.165) is 5.56 Å². The van der Waals surface area contributed by atoms with E-state index in [4.69, 9.17) is 33.7 Å². The summed E-state index contributed by atoms with van der Waals surface area (Å²) in [5, 5.41) is 4.96. The van der Waals surface area contributed by atoms with Crippen LogP contribution in [-0.2, 0) is 16.1 Å². The minimum Gasteiger partial charge on any atom is -0.444 e. The van der Waals surface area contributed by atoms with Gasteiger partial charge in [0.25, 0.3) is 5.91 Å². The highest BCUT2D eigenvalue weighted by molar-refractivity contribution is 6.33. The highest BCUT2D eigenvalue weighted by Crippen LogP contribution is 2.26. The van der Waals surface area contributed by atoms with Crippen LogP contribution < -0.4 is 5.73 Å². The molecule has 0 aliphatic rings. The van der Waals surface area contributed by atoms with Gasteiger partial charge in [-0.2, -0.15) is 5.10 Å². The van der Waals surface area contributed by atoms with Crippen molar-refractivity contribution in [2.75, 3.05) is 0 Å². The molecule has 6 nitrogen and oxygen atoms in total. The molecular weight excluding hydrogens is 401 g/mol. The first-order chi connectivity index (χ1) is 13.4. The molecule has 1 atom stereocenters. The van der Waals surface area contributed by atoms with Gasteiger partial charge < -0.3 is 10.5 Å². The maximum atomic E-state index is 12.7. The lowest BCUT2D eigenvalue weighted by Crippen LogP contribution is -2.26. The third-order valence-corrected chi connectivity index (χ3v) is 4.89. The summed E-state index contributed by atoms with van der Waals surface area (Å²) in [6.07, 6.45) is -1.23.